The average molecular weight is 420 g/mol. The van der Waals surface area contributed by atoms with Gasteiger partial charge in [0.1, 0.15) is 5.84 Å². The zero-order valence-electron chi connectivity index (χ0n) is 18.6. The fourth-order valence-corrected chi connectivity index (χ4v) is 2.47. The van der Waals surface area contributed by atoms with Crippen molar-refractivity contribution in [3.8, 4) is 0 Å². The minimum absolute atomic E-state index is 0.0199. The molecule has 3 aromatic rings. The van der Waals surface area contributed by atoms with Crippen molar-refractivity contribution in [2.45, 2.75) is 34.6 Å². The molecule has 2 aromatic carbocycles. The number of nitro benzene ring substituents is 1. The summed E-state index contributed by atoms with van der Waals surface area (Å²) in [6.07, 6.45) is 5.11. The van der Waals surface area contributed by atoms with E-state index in [1.165, 1.54) is 12.1 Å². The number of aryl methyl sites for hydroxylation is 1. The van der Waals surface area contributed by atoms with Crippen molar-refractivity contribution in [1.82, 2.24) is 4.98 Å². The Balaban J connectivity index is 0.00000113. The standard InChI is InChI=1S/C20H17N5O2.2C2H6/c1-14-11-16(25(26)27)8-9-18(14)24-20(21)17-6-2-3-7-19(17)23-13-15-5-4-10-22-12-15;2*1-2/h2-13H,1H3,(H2,21,24);2*1-2H3. The number of rotatable bonds is 5. The van der Waals surface area contributed by atoms with Crippen molar-refractivity contribution in [3.63, 3.8) is 0 Å². The first kappa shape index (κ1) is 25.2. The number of amidine groups is 1. The van der Waals surface area contributed by atoms with Crippen molar-refractivity contribution in [2.24, 2.45) is 15.7 Å². The molecule has 3 rings (SSSR count). The van der Waals surface area contributed by atoms with E-state index >= 15 is 0 Å². The van der Waals surface area contributed by atoms with Gasteiger partial charge in [-0.1, -0.05) is 45.9 Å². The second kappa shape index (κ2) is 13.4. The van der Waals surface area contributed by atoms with E-state index in [2.05, 4.69) is 15.0 Å². The highest BCUT2D eigenvalue weighted by atomic mass is 16.6. The Bertz CT molecular complexity index is 1030. The van der Waals surface area contributed by atoms with E-state index < -0.39 is 4.92 Å². The Hall–Kier alpha value is -3.87. The summed E-state index contributed by atoms with van der Waals surface area (Å²) in [4.78, 5) is 23.4. The molecule has 0 aliphatic rings. The molecule has 0 bridgehead atoms. The van der Waals surface area contributed by atoms with Crippen LogP contribution in [0, 0.1) is 17.0 Å². The molecule has 0 atom stereocenters. The van der Waals surface area contributed by atoms with Crippen LogP contribution in [0.2, 0.25) is 0 Å². The molecular weight excluding hydrogens is 390 g/mol. The fourth-order valence-electron chi connectivity index (χ4n) is 2.47. The molecule has 1 aromatic heterocycles. The van der Waals surface area contributed by atoms with Crippen LogP contribution in [0.5, 0.6) is 0 Å². The second-order valence-electron chi connectivity index (χ2n) is 5.79. The van der Waals surface area contributed by atoms with E-state index in [1.54, 1.807) is 31.6 Å². The summed E-state index contributed by atoms with van der Waals surface area (Å²) >= 11 is 0. The third-order valence-electron chi connectivity index (χ3n) is 3.85. The van der Waals surface area contributed by atoms with Gasteiger partial charge in [0, 0.05) is 41.9 Å². The predicted molar refractivity (Wildman–Crippen MR) is 129 cm³/mol. The van der Waals surface area contributed by atoms with Gasteiger partial charge in [-0.05, 0) is 36.8 Å². The van der Waals surface area contributed by atoms with Crippen molar-refractivity contribution >= 4 is 29.1 Å². The summed E-state index contributed by atoms with van der Waals surface area (Å²) < 4.78 is 0. The summed E-state index contributed by atoms with van der Waals surface area (Å²) in [5.74, 6) is 0.283. The van der Waals surface area contributed by atoms with Gasteiger partial charge in [-0.25, -0.2) is 4.99 Å². The zero-order valence-corrected chi connectivity index (χ0v) is 18.6. The van der Waals surface area contributed by atoms with Crippen LogP contribution in [-0.4, -0.2) is 22.0 Å². The van der Waals surface area contributed by atoms with Gasteiger partial charge in [-0.2, -0.15) is 0 Å². The lowest BCUT2D eigenvalue weighted by molar-refractivity contribution is -0.384. The lowest BCUT2D eigenvalue weighted by Gasteiger charge is -2.06. The van der Waals surface area contributed by atoms with Gasteiger partial charge >= 0.3 is 0 Å². The van der Waals surface area contributed by atoms with Crippen molar-refractivity contribution in [3.05, 3.63) is 93.8 Å². The molecule has 7 heteroatoms. The summed E-state index contributed by atoms with van der Waals surface area (Å²) in [6, 6.07) is 15.6. The van der Waals surface area contributed by atoms with Crippen LogP contribution in [0.3, 0.4) is 0 Å². The largest absolute Gasteiger partial charge is 0.383 e. The minimum Gasteiger partial charge on any atom is -0.383 e. The van der Waals surface area contributed by atoms with Crippen LogP contribution < -0.4 is 5.73 Å². The van der Waals surface area contributed by atoms with Crippen LogP contribution in [0.4, 0.5) is 17.1 Å². The third kappa shape index (κ3) is 7.47. The number of non-ortho nitro benzene ring substituents is 1. The highest BCUT2D eigenvalue weighted by molar-refractivity contribution is 6.04. The van der Waals surface area contributed by atoms with Gasteiger partial charge in [-0.3, -0.25) is 20.1 Å². The van der Waals surface area contributed by atoms with Crippen LogP contribution in [0.1, 0.15) is 44.4 Å². The van der Waals surface area contributed by atoms with Gasteiger partial charge in [0.25, 0.3) is 5.69 Å². The monoisotopic (exact) mass is 419 g/mol. The maximum Gasteiger partial charge on any atom is 0.269 e. The van der Waals surface area contributed by atoms with Gasteiger partial charge in [0.05, 0.1) is 16.3 Å². The second-order valence-corrected chi connectivity index (χ2v) is 5.79. The number of nitro groups is 1. The zero-order chi connectivity index (χ0) is 23.2. The Morgan fingerprint density at radius 3 is 2.35 bits per heavy atom. The summed E-state index contributed by atoms with van der Waals surface area (Å²) in [7, 11) is 0. The topological polar surface area (TPSA) is 107 Å². The molecular formula is C24H29N5O2. The van der Waals surface area contributed by atoms with E-state index in [4.69, 9.17) is 5.73 Å². The van der Waals surface area contributed by atoms with Gasteiger partial charge in [-0.15, -0.1) is 0 Å². The number of nitrogens with two attached hydrogens (primary N) is 1. The lowest BCUT2D eigenvalue weighted by Crippen LogP contribution is -2.13. The van der Waals surface area contributed by atoms with Crippen LogP contribution in [0.15, 0.2) is 77.0 Å². The number of aliphatic imine (C=N–C) groups is 2. The maximum absolute atomic E-state index is 10.9. The number of pyridine rings is 1. The number of nitrogens with zero attached hydrogens (tertiary/aromatic N) is 4. The molecule has 0 amide bonds. The Morgan fingerprint density at radius 2 is 1.74 bits per heavy atom. The van der Waals surface area contributed by atoms with E-state index in [1.807, 2.05) is 64.1 Å². The molecule has 0 radical (unpaired) electrons. The van der Waals surface area contributed by atoms with E-state index in [0.717, 1.165) is 5.56 Å². The Labute approximate surface area is 183 Å². The summed E-state index contributed by atoms with van der Waals surface area (Å²) in [5.41, 5.74) is 9.67. The lowest BCUT2D eigenvalue weighted by atomic mass is 10.1. The predicted octanol–water partition coefficient (Wildman–Crippen LogP) is 6.14. The first-order valence-electron chi connectivity index (χ1n) is 10.2. The van der Waals surface area contributed by atoms with Gasteiger partial charge in [0.15, 0.2) is 0 Å². The molecule has 162 valence electrons. The number of aromatic nitrogens is 1. The van der Waals surface area contributed by atoms with E-state index in [9.17, 15) is 10.1 Å². The molecule has 0 spiro atoms. The van der Waals surface area contributed by atoms with E-state index in [0.29, 0.717) is 22.5 Å². The molecule has 0 unspecified atom stereocenters. The van der Waals surface area contributed by atoms with Crippen LogP contribution in [0.25, 0.3) is 0 Å². The number of hydrogen-bond acceptors (Lipinski definition) is 5. The number of benzene rings is 2. The summed E-state index contributed by atoms with van der Waals surface area (Å²) in [5, 5.41) is 10.9. The fraction of sp³-hybridized carbons (Fsp3) is 0.208. The molecule has 0 fully saturated rings. The number of para-hydroxylation sites is 1. The minimum atomic E-state index is -0.438. The molecule has 7 nitrogen and oxygen atoms in total. The Kier molecular flexibility index (Phi) is 10.9. The van der Waals surface area contributed by atoms with Crippen molar-refractivity contribution < 1.29 is 4.92 Å². The first-order valence-corrected chi connectivity index (χ1v) is 10.2. The van der Waals surface area contributed by atoms with Gasteiger partial charge < -0.3 is 5.73 Å². The summed E-state index contributed by atoms with van der Waals surface area (Å²) in [6.45, 7) is 9.76. The van der Waals surface area contributed by atoms with Crippen molar-refractivity contribution in [1.29, 1.82) is 0 Å². The quantitative estimate of drug-likeness (QED) is 0.232. The molecule has 2 N–H and O–H groups in total. The maximum atomic E-state index is 10.9. The SMILES string of the molecule is CC.CC.Cc1cc([N+](=O)[O-])ccc1N=C(N)c1ccccc1N=Cc1cccnc1. The highest BCUT2D eigenvalue weighted by Crippen LogP contribution is 2.25. The molecule has 31 heavy (non-hydrogen) atoms. The van der Waals surface area contributed by atoms with Crippen LogP contribution >= 0.6 is 0 Å². The average Bonchev–Trinajstić information content (AvgIpc) is 2.82. The molecule has 0 aliphatic carbocycles. The molecule has 0 saturated carbocycles. The smallest absolute Gasteiger partial charge is 0.269 e. The normalized spacial score (nSPS) is 10.5. The van der Waals surface area contributed by atoms with E-state index in [-0.39, 0.29) is 11.5 Å². The molecule has 0 aliphatic heterocycles. The number of hydrogen-bond donors (Lipinski definition) is 1. The third-order valence-corrected chi connectivity index (χ3v) is 3.85. The highest BCUT2D eigenvalue weighted by Gasteiger charge is 2.10. The molecule has 0 saturated heterocycles. The van der Waals surface area contributed by atoms with Crippen LogP contribution in [-0.2, 0) is 0 Å². The Morgan fingerprint density at radius 1 is 1.03 bits per heavy atom. The first-order chi connectivity index (χ1) is 15.0. The van der Waals surface area contributed by atoms with Gasteiger partial charge in [0.2, 0.25) is 0 Å². The molecule has 1 heterocycles. The van der Waals surface area contributed by atoms with Crippen molar-refractivity contribution in [2.75, 3.05) is 0 Å².